The van der Waals surface area contributed by atoms with Crippen LogP contribution >= 0.6 is 0 Å². The standard InChI is InChI=1S/C14H11F7N2O2/c1-8(22-23-11(25)9-5-3-2-4-6-9)7-10(24)12(15,16)13(17,18)14(19,20)21/h2-7,22H,1H3,(H,23,25)/b8-7+. The van der Waals surface area contributed by atoms with Gasteiger partial charge in [-0.1, -0.05) is 18.2 Å². The average Bonchev–Trinajstić information content (AvgIpc) is 2.52. The summed E-state index contributed by atoms with van der Waals surface area (Å²) in [6.07, 6.45) is -6.77. The number of hydrazine groups is 1. The zero-order chi connectivity index (χ0) is 19.5. The predicted octanol–water partition coefficient (Wildman–Crippen LogP) is 3.23. The van der Waals surface area contributed by atoms with Gasteiger partial charge >= 0.3 is 18.0 Å². The van der Waals surface area contributed by atoms with E-state index in [0.29, 0.717) is 0 Å². The summed E-state index contributed by atoms with van der Waals surface area (Å²) >= 11 is 0. The van der Waals surface area contributed by atoms with Gasteiger partial charge in [0, 0.05) is 17.3 Å². The molecule has 0 spiro atoms. The van der Waals surface area contributed by atoms with Crippen LogP contribution in [0.25, 0.3) is 0 Å². The Bertz CT molecular complexity index is 670. The number of nitrogens with one attached hydrogen (secondary N) is 2. The summed E-state index contributed by atoms with van der Waals surface area (Å²) in [5.74, 6) is -16.1. The second kappa shape index (κ2) is 7.11. The van der Waals surface area contributed by atoms with Gasteiger partial charge in [-0.05, 0) is 19.1 Å². The van der Waals surface area contributed by atoms with Crippen LogP contribution in [0.4, 0.5) is 30.7 Å². The minimum absolute atomic E-state index is 0.142. The monoisotopic (exact) mass is 372 g/mol. The first-order valence-electron chi connectivity index (χ1n) is 6.47. The van der Waals surface area contributed by atoms with Crippen LogP contribution < -0.4 is 10.9 Å². The largest absolute Gasteiger partial charge is 0.460 e. The molecule has 1 rings (SSSR count). The molecule has 1 aromatic carbocycles. The van der Waals surface area contributed by atoms with Gasteiger partial charge in [0.2, 0.25) is 5.78 Å². The molecular formula is C14H11F7N2O2. The third-order valence-electron chi connectivity index (χ3n) is 2.82. The Labute approximate surface area is 136 Å². The highest BCUT2D eigenvalue weighted by atomic mass is 19.4. The Kier molecular flexibility index (Phi) is 5.82. The van der Waals surface area contributed by atoms with Crippen molar-refractivity contribution in [1.82, 2.24) is 10.9 Å². The molecule has 11 heteroatoms. The first-order valence-corrected chi connectivity index (χ1v) is 6.47. The van der Waals surface area contributed by atoms with Crippen molar-refractivity contribution in [1.29, 1.82) is 0 Å². The molecule has 138 valence electrons. The molecule has 0 saturated heterocycles. The molecule has 25 heavy (non-hydrogen) atoms. The summed E-state index contributed by atoms with van der Waals surface area (Å²) in [5.41, 5.74) is 3.48. The molecule has 0 aliphatic heterocycles. The molecule has 0 unspecified atom stereocenters. The van der Waals surface area contributed by atoms with Crippen LogP contribution in [0, 0.1) is 0 Å². The van der Waals surface area contributed by atoms with Gasteiger partial charge in [0.15, 0.2) is 0 Å². The smallest absolute Gasteiger partial charge is 0.303 e. The van der Waals surface area contributed by atoms with Gasteiger partial charge in [-0.25, -0.2) is 0 Å². The lowest BCUT2D eigenvalue weighted by Gasteiger charge is -2.26. The van der Waals surface area contributed by atoms with Crippen molar-refractivity contribution in [2.75, 3.05) is 0 Å². The molecule has 0 aliphatic carbocycles. The normalized spacial score (nSPS) is 13.4. The number of halogens is 7. The van der Waals surface area contributed by atoms with Gasteiger partial charge in [-0.15, -0.1) is 0 Å². The molecule has 1 amide bonds. The highest BCUT2D eigenvalue weighted by Gasteiger charge is 2.75. The Morgan fingerprint density at radius 3 is 1.92 bits per heavy atom. The van der Waals surface area contributed by atoms with E-state index in [2.05, 4.69) is 0 Å². The van der Waals surface area contributed by atoms with E-state index in [1.807, 2.05) is 10.9 Å². The van der Waals surface area contributed by atoms with E-state index in [-0.39, 0.29) is 11.6 Å². The maximum Gasteiger partial charge on any atom is 0.460 e. The number of amides is 1. The van der Waals surface area contributed by atoms with E-state index in [1.54, 1.807) is 6.07 Å². The first-order chi connectivity index (χ1) is 11.3. The molecule has 0 heterocycles. The minimum atomic E-state index is -6.61. The van der Waals surface area contributed by atoms with Crippen LogP contribution in [-0.2, 0) is 4.79 Å². The van der Waals surface area contributed by atoms with Gasteiger partial charge in [0.05, 0.1) is 0 Å². The second-order valence-corrected chi connectivity index (χ2v) is 4.78. The summed E-state index contributed by atoms with van der Waals surface area (Å²) in [7, 11) is 0. The number of hydrogen-bond donors (Lipinski definition) is 2. The summed E-state index contributed by atoms with van der Waals surface area (Å²) in [6.45, 7) is 0.908. The average molecular weight is 372 g/mol. The maximum atomic E-state index is 13.1. The van der Waals surface area contributed by atoms with Crippen LogP contribution in [0.15, 0.2) is 42.1 Å². The van der Waals surface area contributed by atoms with Crippen LogP contribution in [0.2, 0.25) is 0 Å². The molecule has 1 aromatic rings. The molecule has 2 N–H and O–H groups in total. The molecule has 0 radical (unpaired) electrons. The van der Waals surface area contributed by atoms with Gasteiger partial charge in [0.25, 0.3) is 5.91 Å². The number of carbonyl (C=O) groups is 2. The molecule has 0 aliphatic rings. The van der Waals surface area contributed by atoms with E-state index in [1.165, 1.54) is 24.3 Å². The number of benzene rings is 1. The Morgan fingerprint density at radius 2 is 1.44 bits per heavy atom. The van der Waals surface area contributed by atoms with Crippen molar-refractivity contribution in [3.8, 4) is 0 Å². The van der Waals surface area contributed by atoms with Crippen LogP contribution in [0.5, 0.6) is 0 Å². The fourth-order valence-electron chi connectivity index (χ4n) is 1.47. The quantitative estimate of drug-likeness (QED) is 0.458. The molecular weight excluding hydrogens is 361 g/mol. The Balaban J connectivity index is 2.81. The fourth-order valence-corrected chi connectivity index (χ4v) is 1.47. The third kappa shape index (κ3) is 4.48. The summed E-state index contributed by atoms with van der Waals surface area (Å²) in [4.78, 5) is 22.7. The number of ketones is 1. The first kappa shape index (κ1) is 20.5. The van der Waals surface area contributed by atoms with Gasteiger partial charge < -0.3 is 5.43 Å². The fraction of sp³-hybridized carbons (Fsp3) is 0.286. The molecule has 0 aromatic heterocycles. The number of alkyl halides is 7. The van der Waals surface area contributed by atoms with E-state index in [0.717, 1.165) is 6.92 Å². The summed E-state index contributed by atoms with van der Waals surface area (Å²) < 4.78 is 87.7. The molecule has 0 atom stereocenters. The Hall–Kier alpha value is -2.59. The van der Waals surface area contributed by atoms with E-state index >= 15 is 0 Å². The highest BCUT2D eigenvalue weighted by molar-refractivity contribution is 5.97. The van der Waals surface area contributed by atoms with Gasteiger partial charge in [0.1, 0.15) is 0 Å². The van der Waals surface area contributed by atoms with Crippen LogP contribution in [-0.4, -0.2) is 29.7 Å². The van der Waals surface area contributed by atoms with Gasteiger partial charge in [-0.2, -0.15) is 30.7 Å². The van der Waals surface area contributed by atoms with Crippen molar-refractivity contribution < 1.29 is 40.3 Å². The number of allylic oxidation sites excluding steroid dienone is 2. The van der Waals surface area contributed by atoms with Crippen molar-refractivity contribution in [2.24, 2.45) is 0 Å². The zero-order valence-corrected chi connectivity index (χ0v) is 12.4. The van der Waals surface area contributed by atoms with E-state index in [4.69, 9.17) is 0 Å². The van der Waals surface area contributed by atoms with Crippen molar-refractivity contribution in [2.45, 2.75) is 24.9 Å². The topological polar surface area (TPSA) is 58.2 Å². The highest BCUT2D eigenvalue weighted by Crippen LogP contribution is 2.47. The van der Waals surface area contributed by atoms with Gasteiger partial charge in [-0.3, -0.25) is 15.0 Å². The lowest BCUT2D eigenvalue weighted by atomic mass is 10.1. The maximum absolute atomic E-state index is 13.1. The van der Waals surface area contributed by atoms with Crippen molar-refractivity contribution in [3.63, 3.8) is 0 Å². The van der Waals surface area contributed by atoms with Crippen molar-refractivity contribution in [3.05, 3.63) is 47.7 Å². The lowest BCUT2D eigenvalue weighted by Crippen LogP contribution is -2.55. The molecule has 4 nitrogen and oxygen atoms in total. The predicted molar refractivity (Wildman–Crippen MR) is 71.8 cm³/mol. The van der Waals surface area contributed by atoms with Crippen LogP contribution in [0.1, 0.15) is 17.3 Å². The van der Waals surface area contributed by atoms with Crippen LogP contribution in [0.3, 0.4) is 0 Å². The molecule has 0 bridgehead atoms. The Morgan fingerprint density at radius 1 is 0.920 bits per heavy atom. The number of carbonyl (C=O) groups excluding carboxylic acids is 2. The SMILES string of the molecule is C/C(=C\C(=O)C(F)(F)C(F)(F)C(F)(F)F)NNC(=O)c1ccccc1. The third-order valence-corrected chi connectivity index (χ3v) is 2.82. The van der Waals surface area contributed by atoms with Crippen molar-refractivity contribution >= 4 is 11.7 Å². The number of hydrogen-bond acceptors (Lipinski definition) is 3. The zero-order valence-electron chi connectivity index (χ0n) is 12.4. The molecule has 0 saturated carbocycles. The second-order valence-electron chi connectivity index (χ2n) is 4.78. The lowest BCUT2D eigenvalue weighted by molar-refractivity contribution is -0.342. The minimum Gasteiger partial charge on any atom is -0.303 e. The summed E-state index contributed by atoms with van der Waals surface area (Å²) in [6, 6.07) is 7.41. The van der Waals surface area contributed by atoms with E-state index in [9.17, 15) is 40.3 Å². The molecule has 0 fully saturated rings. The van der Waals surface area contributed by atoms with E-state index < -0.39 is 35.4 Å². The summed E-state index contributed by atoms with van der Waals surface area (Å²) in [5, 5.41) is 0. The number of rotatable bonds is 6.